The van der Waals surface area contributed by atoms with Crippen LogP contribution in [-0.4, -0.2) is 23.7 Å². The Morgan fingerprint density at radius 1 is 1.42 bits per heavy atom. The second-order valence-electron chi connectivity index (χ2n) is 4.87. The first-order valence-corrected chi connectivity index (χ1v) is 6.88. The highest BCUT2D eigenvalue weighted by atomic mass is 35.5. The van der Waals surface area contributed by atoms with E-state index in [9.17, 15) is 4.79 Å². The third kappa shape index (κ3) is 4.37. The summed E-state index contributed by atoms with van der Waals surface area (Å²) in [6, 6.07) is 7.62. The van der Waals surface area contributed by atoms with Crippen molar-refractivity contribution in [2.45, 2.75) is 25.3 Å². The Morgan fingerprint density at radius 2 is 2.26 bits per heavy atom. The number of hydrogen-bond donors (Lipinski definition) is 2. The number of amides is 1. The number of halogens is 1. The van der Waals surface area contributed by atoms with E-state index in [-0.39, 0.29) is 24.5 Å². The molecular weight excluding hydrogens is 262 g/mol. The van der Waals surface area contributed by atoms with Crippen LogP contribution in [0.15, 0.2) is 36.4 Å². The number of rotatable bonds is 5. The summed E-state index contributed by atoms with van der Waals surface area (Å²) in [6.07, 6.45) is 5.85. The first kappa shape index (κ1) is 14.1. The van der Waals surface area contributed by atoms with Crippen LogP contribution in [0.25, 0.3) is 0 Å². The molecule has 0 spiro atoms. The molecule has 4 heteroatoms. The molecule has 2 N–H and O–H groups in total. The highest BCUT2D eigenvalue weighted by Crippen LogP contribution is 2.17. The van der Waals surface area contributed by atoms with E-state index in [1.165, 1.54) is 0 Å². The first-order chi connectivity index (χ1) is 9.17. The smallest absolute Gasteiger partial charge is 0.220 e. The minimum atomic E-state index is 0.0354. The SMILES string of the molecule is O=C(CCc1cccc(Cl)c1)N[C@@H]1C=C[C@H](CO)C1. The molecule has 0 aliphatic heterocycles. The molecule has 1 aromatic rings. The second-order valence-corrected chi connectivity index (χ2v) is 5.30. The standard InChI is InChI=1S/C15H18ClNO2/c16-13-3-1-2-11(8-13)5-7-15(19)17-14-6-4-12(9-14)10-18/h1-4,6,8,12,14,18H,5,7,9-10H2,(H,17,19)/t12-,14+/m0/s1. The summed E-state index contributed by atoms with van der Waals surface area (Å²) >= 11 is 5.90. The van der Waals surface area contributed by atoms with Gasteiger partial charge >= 0.3 is 0 Å². The van der Waals surface area contributed by atoms with Gasteiger partial charge in [-0.25, -0.2) is 0 Å². The molecule has 102 valence electrons. The molecule has 0 fully saturated rings. The third-order valence-electron chi connectivity index (χ3n) is 3.28. The Balaban J connectivity index is 1.75. The molecule has 2 atom stereocenters. The number of aryl methyl sites for hydroxylation is 1. The quantitative estimate of drug-likeness (QED) is 0.813. The lowest BCUT2D eigenvalue weighted by atomic mass is 10.1. The van der Waals surface area contributed by atoms with Gasteiger partial charge in [0, 0.05) is 30.0 Å². The van der Waals surface area contributed by atoms with Crippen LogP contribution in [0.5, 0.6) is 0 Å². The van der Waals surface area contributed by atoms with Crippen molar-refractivity contribution in [3.63, 3.8) is 0 Å². The Bertz CT molecular complexity index is 473. The van der Waals surface area contributed by atoms with Crippen LogP contribution < -0.4 is 5.32 Å². The number of hydrogen-bond acceptors (Lipinski definition) is 2. The predicted molar refractivity (Wildman–Crippen MR) is 76.0 cm³/mol. The van der Waals surface area contributed by atoms with Gasteiger partial charge in [0.2, 0.25) is 5.91 Å². The molecule has 0 saturated carbocycles. The average molecular weight is 280 g/mol. The predicted octanol–water partition coefficient (Wildman–Crippen LogP) is 2.33. The van der Waals surface area contributed by atoms with Gasteiger partial charge in [0.1, 0.15) is 0 Å². The molecule has 19 heavy (non-hydrogen) atoms. The lowest BCUT2D eigenvalue weighted by Gasteiger charge is -2.12. The molecule has 1 amide bonds. The summed E-state index contributed by atoms with van der Waals surface area (Å²) in [5.74, 6) is 0.214. The zero-order chi connectivity index (χ0) is 13.7. The Labute approximate surface area is 118 Å². The molecule has 0 aromatic heterocycles. The molecule has 0 heterocycles. The maximum absolute atomic E-state index is 11.8. The molecule has 1 aliphatic rings. The van der Waals surface area contributed by atoms with Crippen molar-refractivity contribution < 1.29 is 9.90 Å². The van der Waals surface area contributed by atoms with Gasteiger partial charge in [0.15, 0.2) is 0 Å². The van der Waals surface area contributed by atoms with Gasteiger partial charge in [-0.1, -0.05) is 35.9 Å². The minimum Gasteiger partial charge on any atom is -0.396 e. The van der Waals surface area contributed by atoms with Gasteiger partial charge in [-0.3, -0.25) is 4.79 Å². The van der Waals surface area contributed by atoms with Crippen LogP contribution in [0, 0.1) is 5.92 Å². The molecule has 1 aliphatic carbocycles. The number of nitrogens with one attached hydrogen (secondary N) is 1. The topological polar surface area (TPSA) is 49.3 Å². The zero-order valence-corrected chi connectivity index (χ0v) is 11.4. The van der Waals surface area contributed by atoms with Crippen molar-refractivity contribution >= 4 is 17.5 Å². The normalized spacial score (nSPS) is 21.6. The van der Waals surface area contributed by atoms with Crippen molar-refractivity contribution in [2.75, 3.05) is 6.61 Å². The lowest BCUT2D eigenvalue weighted by molar-refractivity contribution is -0.121. The summed E-state index contributed by atoms with van der Waals surface area (Å²) in [4.78, 5) is 11.8. The number of carbonyl (C=O) groups excluding carboxylic acids is 1. The van der Waals surface area contributed by atoms with Crippen LogP contribution in [0.4, 0.5) is 0 Å². The Kier molecular flexibility index (Phi) is 5.00. The van der Waals surface area contributed by atoms with Crippen LogP contribution in [-0.2, 0) is 11.2 Å². The van der Waals surface area contributed by atoms with Gasteiger partial charge in [-0.05, 0) is 30.5 Å². The maximum Gasteiger partial charge on any atom is 0.220 e. The molecule has 0 saturated heterocycles. The number of benzene rings is 1. The van der Waals surface area contributed by atoms with Gasteiger partial charge in [0.05, 0.1) is 0 Å². The van der Waals surface area contributed by atoms with Gasteiger partial charge < -0.3 is 10.4 Å². The average Bonchev–Trinajstić information content (AvgIpc) is 2.84. The fourth-order valence-corrected chi connectivity index (χ4v) is 2.46. The first-order valence-electron chi connectivity index (χ1n) is 6.50. The minimum absolute atomic E-state index is 0.0354. The molecule has 3 nitrogen and oxygen atoms in total. The van der Waals surface area contributed by atoms with E-state index in [0.29, 0.717) is 17.9 Å². The largest absolute Gasteiger partial charge is 0.396 e. The van der Waals surface area contributed by atoms with E-state index in [0.717, 1.165) is 12.0 Å². The summed E-state index contributed by atoms with van der Waals surface area (Å²) in [5.41, 5.74) is 1.07. The molecule has 0 unspecified atom stereocenters. The van der Waals surface area contributed by atoms with E-state index < -0.39 is 0 Å². The van der Waals surface area contributed by atoms with Crippen LogP contribution in [0.3, 0.4) is 0 Å². The van der Waals surface area contributed by atoms with E-state index in [1.54, 1.807) is 0 Å². The summed E-state index contributed by atoms with van der Waals surface area (Å²) < 4.78 is 0. The molecular formula is C15H18ClNO2. The van der Waals surface area contributed by atoms with E-state index in [1.807, 2.05) is 36.4 Å². The fraction of sp³-hybridized carbons (Fsp3) is 0.400. The second kappa shape index (κ2) is 6.73. The monoisotopic (exact) mass is 279 g/mol. The highest BCUT2D eigenvalue weighted by molar-refractivity contribution is 6.30. The molecule has 1 aromatic carbocycles. The fourth-order valence-electron chi connectivity index (χ4n) is 2.25. The number of aliphatic hydroxyl groups is 1. The molecule has 2 rings (SSSR count). The van der Waals surface area contributed by atoms with Crippen molar-refractivity contribution in [1.29, 1.82) is 0 Å². The highest BCUT2D eigenvalue weighted by Gasteiger charge is 2.19. The zero-order valence-electron chi connectivity index (χ0n) is 10.7. The molecule has 0 radical (unpaired) electrons. The van der Waals surface area contributed by atoms with E-state index in [4.69, 9.17) is 16.7 Å². The summed E-state index contributed by atoms with van der Waals surface area (Å²) in [5, 5.41) is 12.7. The van der Waals surface area contributed by atoms with Crippen LogP contribution >= 0.6 is 11.6 Å². The van der Waals surface area contributed by atoms with Gasteiger partial charge in [-0.15, -0.1) is 0 Å². The third-order valence-corrected chi connectivity index (χ3v) is 3.52. The Hall–Kier alpha value is -1.32. The van der Waals surface area contributed by atoms with Crippen molar-refractivity contribution in [3.8, 4) is 0 Å². The van der Waals surface area contributed by atoms with Crippen molar-refractivity contribution in [3.05, 3.63) is 47.0 Å². The van der Waals surface area contributed by atoms with Crippen molar-refractivity contribution in [2.24, 2.45) is 5.92 Å². The van der Waals surface area contributed by atoms with Gasteiger partial charge in [0.25, 0.3) is 0 Å². The van der Waals surface area contributed by atoms with Gasteiger partial charge in [-0.2, -0.15) is 0 Å². The van der Waals surface area contributed by atoms with Crippen molar-refractivity contribution in [1.82, 2.24) is 5.32 Å². The number of aliphatic hydroxyl groups excluding tert-OH is 1. The van der Waals surface area contributed by atoms with Crippen LogP contribution in [0.1, 0.15) is 18.4 Å². The Morgan fingerprint density at radius 3 is 2.95 bits per heavy atom. The van der Waals surface area contributed by atoms with E-state index >= 15 is 0 Å². The lowest BCUT2D eigenvalue weighted by Crippen LogP contribution is -2.33. The van der Waals surface area contributed by atoms with E-state index in [2.05, 4.69) is 5.32 Å². The summed E-state index contributed by atoms with van der Waals surface area (Å²) in [7, 11) is 0. The van der Waals surface area contributed by atoms with Crippen LogP contribution in [0.2, 0.25) is 5.02 Å². The summed E-state index contributed by atoms with van der Waals surface area (Å²) in [6.45, 7) is 0.144. The number of carbonyl (C=O) groups is 1. The molecule has 0 bridgehead atoms. The maximum atomic E-state index is 11.8.